The van der Waals surface area contributed by atoms with Crippen LogP contribution in [0.25, 0.3) is 10.9 Å². The topological polar surface area (TPSA) is 54.3 Å². The number of fused-ring (bicyclic) bond motifs is 2. The van der Waals surface area contributed by atoms with Gasteiger partial charge in [-0.05, 0) is 48.9 Å². The molecule has 0 aliphatic carbocycles. The zero-order valence-corrected chi connectivity index (χ0v) is 17.7. The van der Waals surface area contributed by atoms with Crippen LogP contribution in [-0.2, 0) is 11.8 Å². The van der Waals surface area contributed by atoms with Crippen LogP contribution in [0.15, 0.2) is 79.0 Å². The molecule has 1 aliphatic heterocycles. The van der Waals surface area contributed by atoms with Crippen LogP contribution in [0.2, 0.25) is 0 Å². The maximum atomic E-state index is 13.5. The summed E-state index contributed by atoms with van der Waals surface area (Å²) in [6, 6.07) is 20.0. The number of benzene rings is 3. The number of nitrogens with zero attached hydrogens (tertiary/aromatic N) is 2. The van der Waals surface area contributed by atoms with Gasteiger partial charge in [0, 0.05) is 41.0 Å². The summed E-state index contributed by atoms with van der Waals surface area (Å²) in [5.41, 5.74) is 4.00. The maximum Gasteiger partial charge on any atom is 0.255 e. The lowest BCUT2D eigenvalue weighted by atomic mass is 9.97. The van der Waals surface area contributed by atoms with Crippen LogP contribution >= 0.6 is 0 Å². The lowest BCUT2D eigenvalue weighted by molar-refractivity contribution is -0.120. The van der Waals surface area contributed by atoms with Crippen molar-refractivity contribution in [3.63, 3.8) is 0 Å². The Morgan fingerprint density at radius 1 is 0.969 bits per heavy atom. The summed E-state index contributed by atoms with van der Waals surface area (Å²) in [5.74, 6) is -0.888. The lowest BCUT2D eigenvalue weighted by Crippen LogP contribution is -2.44. The van der Waals surface area contributed by atoms with Gasteiger partial charge in [-0.25, -0.2) is 4.39 Å². The molecule has 0 bridgehead atoms. The Bertz CT molecular complexity index is 1340. The molecule has 32 heavy (non-hydrogen) atoms. The first-order valence-electron chi connectivity index (χ1n) is 10.5. The molecule has 0 spiro atoms. The third-order valence-electron chi connectivity index (χ3n) is 6.13. The van der Waals surface area contributed by atoms with Crippen LogP contribution in [0.5, 0.6) is 0 Å². The largest absolute Gasteiger partial charge is 0.350 e. The Morgan fingerprint density at radius 3 is 2.44 bits per heavy atom. The molecule has 5 nitrogen and oxygen atoms in total. The van der Waals surface area contributed by atoms with Crippen molar-refractivity contribution >= 4 is 28.4 Å². The summed E-state index contributed by atoms with van der Waals surface area (Å²) < 4.78 is 15.3. The standard InChI is InChI=1S/C26H22FN3O2/c1-16(25(31)28-18-13-11-17(27)12-14-18)30-24(20-8-3-4-9-21(20)26(30)32)22-15-29(2)23-10-6-5-7-19(22)23/h3-16,24H,1-2H3,(H,28,31). The van der Waals surface area contributed by atoms with E-state index in [0.717, 1.165) is 22.0 Å². The van der Waals surface area contributed by atoms with Crippen molar-refractivity contribution in [2.24, 2.45) is 7.05 Å². The molecule has 2 atom stereocenters. The van der Waals surface area contributed by atoms with Crippen molar-refractivity contribution in [1.29, 1.82) is 0 Å². The third-order valence-corrected chi connectivity index (χ3v) is 6.13. The Labute approximate surface area is 185 Å². The number of aromatic nitrogens is 1. The van der Waals surface area contributed by atoms with Crippen molar-refractivity contribution < 1.29 is 14.0 Å². The number of halogens is 1. The highest BCUT2D eigenvalue weighted by molar-refractivity contribution is 6.05. The summed E-state index contributed by atoms with van der Waals surface area (Å²) >= 11 is 0. The van der Waals surface area contributed by atoms with Crippen molar-refractivity contribution in [3.8, 4) is 0 Å². The monoisotopic (exact) mass is 427 g/mol. The van der Waals surface area contributed by atoms with Gasteiger partial charge in [-0.1, -0.05) is 36.4 Å². The van der Waals surface area contributed by atoms with Crippen LogP contribution in [0.1, 0.15) is 34.5 Å². The van der Waals surface area contributed by atoms with E-state index in [-0.39, 0.29) is 17.6 Å². The van der Waals surface area contributed by atoms with E-state index in [1.54, 1.807) is 17.9 Å². The molecule has 0 radical (unpaired) electrons. The molecule has 1 aromatic heterocycles. The van der Waals surface area contributed by atoms with Gasteiger partial charge in [0.1, 0.15) is 11.9 Å². The minimum atomic E-state index is -0.746. The second-order valence-corrected chi connectivity index (χ2v) is 8.09. The number of nitrogens with one attached hydrogen (secondary N) is 1. The molecule has 0 saturated carbocycles. The van der Waals surface area contributed by atoms with E-state index < -0.39 is 12.1 Å². The molecule has 5 rings (SSSR count). The van der Waals surface area contributed by atoms with E-state index in [0.29, 0.717) is 11.3 Å². The molecule has 2 unspecified atom stereocenters. The molecular weight excluding hydrogens is 405 g/mol. The summed E-state index contributed by atoms with van der Waals surface area (Å²) in [6.45, 7) is 1.72. The van der Waals surface area contributed by atoms with Gasteiger partial charge in [0.2, 0.25) is 5.91 Å². The van der Waals surface area contributed by atoms with Gasteiger partial charge in [0.05, 0.1) is 6.04 Å². The number of carbonyl (C=O) groups is 2. The van der Waals surface area contributed by atoms with E-state index in [1.807, 2.05) is 60.3 Å². The number of hydrogen-bond acceptors (Lipinski definition) is 2. The third kappa shape index (κ3) is 3.15. The minimum absolute atomic E-state index is 0.180. The van der Waals surface area contributed by atoms with Gasteiger partial charge >= 0.3 is 0 Å². The van der Waals surface area contributed by atoms with E-state index in [9.17, 15) is 14.0 Å². The first-order chi connectivity index (χ1) is 15.5. The maximum absolute atomic E-state index is 13.5. The van der Waals surface area contributed by atoms with Gasteiger partial charge < -0.3 is 14.8 Å². The van der Waals surface area contributed by atoms with Crippen LogP contribution in [-0.4, -0.2) is 27.3 Å². The second kappa shape index (κ2) is 7.64. The van der Waals surface area contributed by atoms with Crippen LogP contribution in [0, 0.1) is 5.82 Å². The van der Waals surface area contributed by atoms with Gasteiger partial charge in [-0.3, -0.25) is 9.59 Å². The predicted molar refractivity (Wildman–Crippen MR) is 122 cm³/mol. The quantitative estimate of drug-likeness (QED) is 0.504. The molecule has 2 amide bonds. The lowest BCUT2D eigenvalue weighted by Gasteiger charge is -2.30. The number of para-hydroxylation sites is 1. The number of rotatable bonds is 4. The number of amides is 2. The molecule has 6 heteroatoms. The molecule has 0 saturated heterocycles. The Kier molecular flexibility index (Phi) is 4.78. The fraction of sp³-hybridized carbons (Fsp3) is 0.154. The number of hydrogen-bond donors (Lipinski definition) is 1. The summed E-state index contributed by atoms with van der Waals surface area (Å²) in [4.78, 5) is 28.2. The van der Waals surface area contributed by atoms with E-state index >= 15 is 0 Å². The molecule has 3 aromatic carbocycles. The van der Waals surface area contributed by atoms with E-state index in [1.165, 1.54) is 24.3 Å². The highest BCUT2D eigenvalue weighted by atomic mass is 19.1. The Morgan fingerprint density at radius 2 is 1.66 bits per heavy atom. The minimum Gasteiger partial charge on any atom is -0.350 e. The summed E-state index contributed by atoms with van der Waals surface area (Å²) in [7, 11) is 1.98. The first-order valence-corrected chi connectivity index (χ1v) is 10.5. The Balaban J connectivity index is 1.57. The summed E-state index contributed by atoms with van der Waals surface area (Å²) in [6.07, 6.45) is 2.03. The van der Waals surface area contributed by atoms with E-state index in [2.05, 4.69) is 5.32 Å². The first kappa shape index (κ1) is 20.0. The highest BCUT2D eigenvalue weighted by Crippen LogP contribution is 2.42. The molecule has 2 heterocycles. The average Bonchev–Trinajstić information content (AvgIpc) is 3.29. The van der Waals surface area contributed by atoms with Gasteiger partial charge in [0.25, 0.3) is 5.91 Å². The molecule has 1 N–H and O–H groups in total. The van der Waals surface area contributed by atoms with Crippen LogP contribution in [0.4, 0.5) is 10.1 Å². The molecule has 160 valence electrons. The average molecular weight is 427 g/mol. The van der Waals surface area contributed by atoms with Crippen molar-refractivity contribution in [2.45, 2.75) is 19.0 Å². The molecule has 0 fully saturated rings. The Hall–Kier alpha value is -3.93. The SMILES string of the molecule is CC(C(=O)Nc1ccc(F)cc1)N1C(=O)c2ccccc2C1c1cn(C)c2ccccc12. The van der Waals surface area contributed by atoms with E-state index in [4.69, 9.17) is 0 Å². The second-order valence-electron chi connectivity index (χ2n) is 8.09. The normalized spacial score (nSPS) is 16.3. The van der Waals surface area contributed by atoms with Crippen LogP contribution < -0.4 is 5.32 Å². The van der Waals surface area contributed by atoms with Crippen LogP contribution in [0.3, 0.4) is 0 Å². The fourth-order valence-electron chi connectivity index (χ4n) is 4.55. The number of carbonyl (C=O) groups excluding carboxylic acids is 2. The van der Waals surface area contributed by atoms with Crippen molar-refractivity contribution in [1.82, 2.24) is 9.47 Å². The fourth-order valence-corrected chi connectivity index (χ4v) is 4.55. The smallest absolute Gasteiger partial charge is 0.255 e. The van der Waals surface area contributed by atoms with Gasteiger partial charge in [-0.2, -0.15) is 0 Å². The van der Waals surface area contributed by atoms with Crippen molar-refractivity contribution in [2.75, 3.05) is 5.32 Å². The zero-order valence-electron chi connectivity index (χ0n) is 17.7. The highest BCUT2D eigenvalue weighted by Gasteiger charge is 2.43. The predicted octanol–water partition coefficient (Wildman–Crippen LogP) is 4.89. The molecule has 4 aromatic rings. The molecule has 1 aliphatic rings. The summed E-state index contributed by atoms with van der Waals surface area (Å²) in [5, 5.41) is 3.85. The molecular formula is C26H22FN3O2. The van der Waals surface area contributed by atoms with Gasteiger partial charge in [0.15, 0.2) is 0 Å². The number of anilines is 1. The van der Waals surface area contributed by atoms with Gasteiger partial charge in [-0.15, -0.1) is 0 Å². The number of aryl methyl sites for hydroxylation is 1. The van der Waals surface area contributed by atoms with Crippen molar-refractivity contribution in [3.05, 3.63) is 102 Å². The zero-order chi connectivity index (χ0) is 22.4.